The number of nitrogens with two attached hydrogens (primary N) is 1. The summed E-state index contributed by atoms with van der Waals surface area (Å²) in [4.78, 5) is 15.0. The molecule has 4 nitrogen and oxygen atoms in total. The molecule has 0 unspecified atom stereocenters. The lowest BCUT2D eigenvalue weighted by molar-refractivity contribution is 0.100. The van der Waals surface area contributed by atoms with Crippen LogP contribution in [0.15, 0.2) is 30.3 Å². The molecule has 0 atom stereocenters. The second kappa shape index (κ2) is 3.39. The Morgan fingerprint density at radius 3 is 2.80 bits per heavy atom. The summed E-state index contributed by atoms with van der Waals surface area (Å²) in [7, 11) is 0. The van der Waals surface area contributed by atoms with Crippen molar-refractivity contribution in [3.63, 3.8) is 0 Å². The number of rotatable bonds is 1. The Morgan fingerprint density at radius 2 is 2.13 bits per heavy atom. The highest BCUT2D eigenvalue weighted by atomic mass is 16.1. The van der Waals surface area contributed by atoms with E-state index in [-0.39, 0.29) is 0 Å². The number of carbonyl (C=O) groups is 1. The van der Waals surface area contributed by atoms with E-state index in [9.17, 15) is 4.79 Å². The number of carbonyl (C=O) groups excluding carboxylic acids is 1. The molecule has 0 saturated carbocycles. The van der Waals surface area contributed by atoms with Gasteiger partial charge < -0.3 is 5.73 Å². The second-order valence-electron chi connectivity index (χ2n) is 3.08. The highest BCUT2D eigenvalue weighted by molar-refractivity contribution is 5.96. The standard InChI is InChI=1S/C11H7N3O/c12-6-9-3-1-7-5-8(11(13)15)2-4-10(7)14-9/h1-5H,(H2,13,15). The van der Waals surface area contributed by atoms with Gasteiger partial charge in [0.2, 0.25) is 5.91 Å². The van der Waals surface area contributed by atoms with E-state index < -0.39 is 5.91 Å². The molecular formula is C11H7N3O. The lowest BCUT2D eigenvalue weighted by Crippen LogP contribution is -2.10. The van der Waals surface area contributed by atoms with Crippen LogP contribution >= 0.6 is 0 Å². The summed E-state index contributed by atoms with van der Waals surface area (Å²) in [6.07, 6.45) is 0. The average Bonchev–Trinajstić information content (AvgIpc) is 2.27. The fourth-order valence-corrected chi connectivity index (χ4v) is 1.34. The first-order chi connectivity index (χ1) is 7.20. The Bertz CT molecular complexity index is 584. The zero-order valence-electron chi connectivity index (χ0n) is 7.77. The van der Waals surface area contributed by atoms with Gasteiger partial charge in [-0.25, -0.2) is 4.98 Å². The minimum atomic E-state index is -0.471. The van der Waals surface area contributed by atoms with Crippen LogP contribution in [0.5, 0.6) is 0 Å². The Hall–Kier alpha value is -2.41. The van der Waals surface area contributed by atoms with E-state index in [1.807, 2.05) is 6.07 Å². The van der Waals surface area contributed by atoms with E-state index in [0.717, 1.165) is 5.39 Å². The van der Waals surface area contributed by atoms with Gasteiger partial charge >= 0.3 is 0 Å². The number of nitrogens with zero attached hydrogens (tertiary/aromatic N) is 2. The maximum absolute atomic E-state index is 10.9. The van der Waals surface area contributed by atoms with Gasteiger partial charge in [-0.15, -0.1) is 0 Å². The number of pyridine rings is 1. The van der Waals surface area contributed by atoms with Gasteiger partial charge in [0.05, 0.1) is 5.52 Å². The smallest absolute Gasteiger partial charge is 0.248 e. The molecule has 0 aliphatic rings. The summed E-state index contributed by atoms with van der Waals surface area (Å²) < 4.78 is 0. The third-order valence-electron chi connectivity index (χ3n) is 2.09. The quantitative estimate of drug-likeness (QED) is 0.746. The van der Waals surface area contributed by atoms with E-state index in [1.54, 1.807) is 30.3 Å². The van der Waals surface area contributed by atoms with Crippen LogP contribution in [0.2, 0.25) is 0 Å². The molecule has 0 aliphatic heterocycles. The van der Waals surface area contributed by atoms with Gasteiger partial charge in [0.25, 0.3) is 0 Å². The molecule has 72 valence electrons. The normalized spacial score (nSPS) is 9.80. The van der Waals surface area contributed by atoms with Crippen LogP contribution in [-0.2, 0) is 0 Å². The molecule has 2 aromatic rings. The van der Waals surface area contributed by atoms with E-state index in [0.29, 0.717) is 16.8 Å². The van der Waals surface area contributed by atoms with Gasteiger partial charge in [0.15, 0.2) is 0 Å². The topological polar surface area (TPSA) is 79.8 Å². The van der Waals surface area contributed by atoms with Crippen LogP contribution < -0.4 is 5.73 Å². The first-order valence-electron chi connectivity index (χ1n) is 4.31. The molecule has 1 aromatic carbocycles. The highest BCUT2D eigenvalue weighted by Gasteiger charge is 2.02. The van der Waals surface area contributed by atoms with Gasteiger partial charge in [0, 0.05) is 10.9 Å². The van der Waals surface area contributed by atoms with Crippen LogP contribution in [0.1, 0.15) is 16.1 Å². The third kappa shape index (κ3) is 1.63. The van der Waals surface area contributed by atoms with Gasteiger partial charge in [0.1, 0.15) is 11.8 Å². The van der Waals surface area contributed by atoms with E-state index in [2.05, 4.69) is 4.98 Å². The summed E-state index contributed by atoms with van der Waals surface area (Å²) in [6.45, 7) is 0. The van der Waals surface area contributed by atoms with E-state index in [1.165, 1.54) is 0 Å². The van der Waals surface area contributed by atoms with Crippen LogP contribution in [0.4, 0.5) is 0 Å². The molecule has 1 heterocycles. The van der Waals surface area contributed by atoms with Crippen LogP contribution in [0.25, 0.3) is 10.9 Å². The Balaban J connectivity index is 2.66. The number of aromatic nitrogens is 1. The van der Waals surface area contributed by atoms with Crippen molar-refractivity contribution in [2.75, 3.05) is 0 Å². The van der Waals surface area contributed by atoms with Crippen molar-refractivity contribution in [2.24, 2.45) is 5.73 Å². The molecule has 0 fully saturated rings. The van der Waals surface area contributed by atoms with Crippen LogP contribution in [-0.4, -0.2) is 10.9 Å². The molecule has 1 aromatic heterocycles. The molecule has 0 aliphatic carbocycles. The van der Waals surface area contributed by atoms with Crippen LogP contribution in [0, 0.1) is 11.3 Å². The average molecular weight is 197 g/mol. The molecule has 15 heavy (non-hydrogen) atoms. The maximum atomic E-state index is 10.9. The molecule has 1 amide bonds. The largest absolute Gasteiger partial charge is 0.366 e. The van der Waals surface area contributed by atoms with Crippen molar-refractivity contribution in [2.45, 2.75) is 0 Å². The highest BCUT2D eigenvalue weighted by Crippen LogP contribution is 2.14. The van der Waals surface area contributed by atoms with E-state index in [4.69, 9.17) is 11.0 Å². The fraction of sp³-hybridized carbons (Fsp3) is 0. The molecule has 2 N–H and O–H groups in total. The molecule has 0 bridgehead atoms. The number of hydrogen-bond acceptors (Lipinski definition) is 3. The van der Waals surface area contributed by atoms with E-state index >= 15 is 0 Å². The monoisotopic (exact) mass is 197 g/mol. The lowest BCUT2D eigenvalue weighted by Gasteiger charge is -1.99. The number of nitriles is 1. The molecule has 0 spiro atoms. The van der Waals surface area contributed by atoms with Gasteiger partial charge in [-0.1, -0.05) is 0 Å². The number of hydrogen-bond donors (Lipinski definition) is 1. The molecule has 4 heteroatoms. The second-order valence-corrected chi connectivity index (χ2v) is 3.08. The third-order valence-corrected chi connectivity index (χ3v) is 2.09. The lowest BCUT2D eigenvalue weighted by atomic mass is 10.1. The molecule has 0 saturated heterocycles. The van der Waals surface area contributed by atoms with Crippen molar-refractivity contribution in [1.82, 2.24) is 4.98 Å². The molecule has 0 radical (unpaired) electrons. The maximum Gasteiger partial charge on any atom is 0.248 e. The predicted molar refractivity (Wildman–Crippen MR) is 55.0 cm³/mol. The predicted octanol–water partition coefficient (Wildman–Crippen LogP) is 1.21. The van der Waals surface area contributed by atoms with Gasteiger partial charge in [-0.3, -0.25) is 4.79 Å². The summed E-state index contributed by atoms with van der Waals surface area (Å²) >= 11 is 0. The zero-order valence-corrected chi connectivity index (χ0v) is 7.77. The van der Waals surface area contributed by atoms with Crippen molar-refractivity contribution in [1.29, 1.82) is 5.26 Å². The Morgan fingerprint density at radius 1 is 1.33 bits per heavy atom. The Labute approximate surface area is 86.0 Å². The molecule has 2 rings (SSSR count). The molecular weight excluding hydrogens is 190 g/mol. The zero-order chi connectivity index (χ0) is 10.8. The number of primary amides is 1. The van der Waals surface area contributed by atoms with Crippen molar-refractivity contribution < 1.29 is 4.79 Å². The van der Waals surface area contributed by atoms with Crippen molar-refractivity contribution in [3.8, 4) is 6.07 Å². The summed E-state index contributed by atoms with van der Waals surface area (Å²) in [5, 5.41) is 9.45. The minimum absolute atomic E-state index is 0.356. The number of benzene rings is 1. The minimum Gasteiger partial charge on any atom is -0.366 e. The summed E-state index contributed by atoms with van der Waals surface area (Å²) in [6, 6.07) is 10.2. The van der Waals surface area contributed by atoms with Crippen LogP contribution in [0.3, 0.4) is 0 Å². The summed E-state index contributed by atoms with van der Waals surface area (Å²) in [5.41, 5.74) is 6.62. The number of amides is 1. The van der Waals surface area contributed by atoms with Gasteiger partial charge in [-0.05, 0) is 30.3 Å². The number of fused-ring (bicyclic) bond motifs is 1. The SMILES string of the molecule is N#Cc1ccc2cc(C(N)=O)ccc2n1. The van der Waals surface area contributed by atoms with Gasteiger partial charge in [-0.2, -0.15) is 5.26 Å². The summed E-state index contributed by atoms with van der Waals surface area (Å²) in [5.74, 6) is -0.471. The first-order valence-corrected chi connectivity index (χ1v) is 4.31. The first kappa shape index (κ1) is 9.16. The fourth-order valence-electron chi connectivity index (χ4n) is 1.34. The van der Waals surface area contributed by atoms with Crippen molar-refractivity contribution >= 4 is 16.8 Å². The van der Waals surface area contributed by atoms with Crippen molar-refractivity contribution in [3.05, 3.63) is 41.6 Å². The Kier molecular flexibility index (Phi) is 2.07.